The van der Waals surface area contributed by atoms with E-state index in [4.69, 9.17) is 4.74 Å². The van der Waals surface area contributed by atoms with Gasteiger partial charge in [-0.25, -0.2) is 0 Å². The van der Waals surface area contributed by atoms with Gasteiger partial charge >= 0.3 is 5.97 Å². The molecule has 0 saturated carbocycles. The second kappa shape index (κ2) is 5.51. The van der Waals surface area contributed by atoms with Crippen LogP contribution in [0.4, 0.5) is 0 Å². The third-order valence-corrected chi connectivity index (χ3v) is 2.67. The maximum Gasteiger partial charge on any atom is 0.325 e. The molecule has 0 saturated heterocycles. The van der Waals surface area contributed by atoms with E-state index in [-0.39, 0.29) is 12.5 Å². The summed E-state index contributed by atoms with van der Waals surface area (Å²) in [6.45, 7) is 1.85. The van der Waals surface area contributed by atoms with Gasteiger partial charge in [-0.2, -0.15) is 5.10 Å². The summed E-state index contributed by atoms with van der Waals surface area (Å²) < 4.78 is 6.38. The SMILES string of the molecule is CCOC(=O)CNC(=O)c1nn(C)c2ccccc12. The van der Waals surface area contributed by atoms with E-state index in [2.05, 4.69) is 10.4 Å². The topological polar surface area (TPSA) is 73.2 Å². The first-order valence-electron chi connectivity index (χ1n) is 5.99. The smallest absolute Gasteiger partial charge is 0.325 e. The van der Waals surface area contributed by atoms with Gasteiger partial charge in [-0.1, -0.05) is 18.2 Å². The molecular formula is C13H15N3O3. The number of hydrogen-bond donors (Lipinski definition) is 1. The number of ether oxygens (including phenoxy) is 1. The van der Waals surface area contributed by atoms with Crippen LogP contribution in [0.25, 0.3) is 10.9 Å². The second-order valence-electron chi connectivity index (χ2n) is 3.98. The van der Waals surface area contributed by atoms with Crippen molar-refractivity contribution in [2.75, 3.05) is 13.2 Å². The van der Waals surface area contributed by atoms with Crippen LogP contribution in [0.5, 0.6) is 0 Å². The number of nitrogens with zero attached hydrogens (tertiary/aromatic N) is 2. The van der Waals surface area contributed by atoms with Gasteiger partial charge in [-0.15, -0.1) is 0 Å². The lowest BCUT2D eigenvalue weighted by atomic mass is 10.2. The van der Waals surface area contributed by atoms with E-state index in [1.165, 1.54) is 0 Å². The number of esters is 1. The molecule has 19 heavy (non-hydrogen) atoms. The fraction of sp³-hybridized carbons (Fsp3) is 0.308. The van der Waals surface area contributed by atoms with Crippen LogP contribution >= 0.6 is 0 Å². The zero-order chi connectivity index (χ0) is 13.8. The first-order chi connectivity index (χ1) is 9.13. The Morgan fingerprint density at radius 3 is 2.84 bits per heavy atom. The Labute approximate surface area is 110 Å². The lowest BCUT2D eigenvalue weighted by Gasteiger charge is -2.03. The number of fused-ring (bicyclic) bond motifs is 1. The van der Waals surface area contributed by atoms with Gasteiger partial charge in [0.25, 0.3) is 5.91 Å². The third kappa shape index (κ3) is 2.73. The monoisotopic (exact) mass is 261 g/mol. The Bertz CT molecular complexity index is 619. The van der Waals surface area contributed by atoms with E-state index in [0.717, 1.165) is 10.9 Å². The van der Waals surface area contributed by atoms with Crippen molar-refractivity contribution in [2.45, 2.75) is 6.92 Å². The van der Waals surface area contributed by atoms with Gasteiger partial charge in [0, 0.05) is 12.4 Å². The highest BCUT2D eigenvalue weighted by molar-refractivity contribution is 6.05. The molecule has 2 aromatic rings. The van der Waals surface area contributed by atoms with Crippen LogP contribution in [0.3, 0.4) is 0 Å². The zero-order valence-corrected chi connectivity index (χ0v) is 10.8. The summed E-state index contributed by atoms with van der Waals surface area (Å²) in [5.74, 6) is -0.846. The number of carbonyl (C=O) groups is 2. The largest absolute Gasteiger partial charge is 0.465 e. The maximum absolute atomic E-state index is 12.0. The molecule has 0 aliphatic heterocycles. The van der Waals surface area contributed by atoms with Gasteiger partial charge in [0.05, 0.1) is 12.1 Å². The minimum Gasteiger partial charge on any atom is -0.465 e. The Kier molecular flexibility index (Phi) is 3.79. The van der Waals surface area contributed by atoms with E-state index >= 15 is 0 Å². The summed E-state index contributed by atoms with van der Waals surface area (Å²) in [7, 11) is 1.77. The summed E-state index contributed by atoms with van der Waals surface area (Å²) in [6.07, 6.45) is 0. The second-order valence-corrected chi connectivity index (χ2v) is 3.98. The van der Waals surface area contributed by atoms with Crippen molar-refractivity contribution in [3.05, 3.63) is 30.0 Å². The van der Waals surface area contributed by atoms with Crippen LogP contribution in [-0.4, -0.2) is 34.8 Å². The molecule has 0 unspecified atom stereocenters. The Hall–Kier alpha value is -2.37. The molecule has 0 spiro atoms. The van der Waals surface area contributed by atoms with E-state index < -0.39 is 5.97 Å². The number of amides is 1. The van der Waals surface area contributed by atoms with E-state index in [9.17, 15) is 9.59 Å². The molecule has 0 atom stereocenters. The number of rotatable bonds is 4. The highest BCUT2D eigenvalue weighted by Crippen LogP contribution is 2.16. The Morgan fingerprint density at radius 1 is 1.37 bits per heavy atom. The number of hydrogen-bond acceptors (Lipinski definition) is 4. The standard InChI is InChI=1S/C13H15N3O3/c1-3-19-11(17)8-14-13(18)12-9-6-4-5-7-10(9)16(2)15-12/h4-7H,3,8H2,1-2H3,(H,14,18). The minimum absolute atomic E-state index is 0.155. The molecule has 1 amide bonds. The van der Waals surface area contributed by atoms with E-state index in [1.807, 2.05) is 24.3 Å². The number of nitrogens with one attached hydrogen (secondary N) is 1. The van der Waals surface area contributed by atoms with Crippen LogP contribution in [0.15, 0.2) is 24.3 Å². The zero-order valence-electron chi connectivity index (χ0n) is 10.8. The molecule has 0 bridgehead atoms. The molecular weight excluding hydrogens is 246 g/mol. The molecule has 0 fully saturated rings. The van der Waals surface area contributed by atoms with Crippen molar-refractivity contribution in [1.82, 2.24) is 15.1 Å². The summed E-state index contributed by atoms with van der Waals surface area (Å²) in [5, 5.41) is 7.42. The van der Waals surface area contributed by atoms with Crippen molar-refractivity contribution in [2.24, 2.45) is 7.05 Å². The van der Waals surface area contributed by atoms with Gasteiger partial charge in [-0.3, -0.25) is 14.3 Å². The normalized spacial score (nSPS) is 10.4. The fourth-order valence-electron chi connectivity index (χ4n) is 1.83. The molecule has 1 heterocycles. The summed E-state index contributed by atoms with van der Waals surface area (Å²) >= 11 is 0. The molecule has 1 aromatic carbocycles. The van der Waals surface area contributed by atoms with Gasteiger partial charge in [-0.05, 0) is 13.0 Å². The van der Waals surface area contributed by atoms with Gasteiger partial charge < -0.3 is 10.1 Å². The van der Waals surface area contributed by atoms with E-state index in [0.29, 0.717) is 12.3 Å². The average molecular weight is 261 g/mol. The first-order valence-corrected chi connectivity index (χ1v) is 5.99. The van der Waals surface area contributed by atoms with Gasteiger partial charge in [0.2, 0.25) is 0 Å². The van der Waals surface area contributed by atoms with Crippen molar-refractivity contribution in [1.29, 1.82) is 0 Å². The average Bonchev–Trinajstić information content (AvgIpc) is 2.75. The minimum atomic E-state index is -0.462. The number of para-hydroxylation sites is 1. The molecule has 100 valence electrons. The lowest BCUT2D eigenvalue weighted by Crippen LogP contribution is -2.31. The molecule has 6 heteroatoms. The van der Waals surface area contributed by atoms with Crippen molar-refractivity contribution in [3.8, 4) is 0 Å². The number of carbonyl (C=O) groups excluding carboxylic acids is 2. The Balaban J connectivity index is 2.16. The highest BCUT2D eigenvalue weighted by Gasteiger charge is 2.16. The first kappa shape index (κ1) is 13.1. The van der Waals surface area contributed by atoms with Gasteiger partial charge in [0.1, 0.15) is 6.54 Å². The molecule has 0 radical (unpaired) electrons. The summed E-state index contributed by atoms with van der Waals surface area (Å²) in [4.78, 5) is 23.2. The van der Waals surface area contributed by atoms with Crippen LogP contribution < -0.4 is 5.32 Å². The maximum atomic E-state index is 12.0. The Morgan fingerprint density at radius 2 is 2.11 bits per heavy atom. The van der Waals surface area contributed by atoms with Crippen molar-refractivity contribution >= 4 is 22.8 Å². The van der Waals surface area contributed by atoms with Crippen LogP contribution in [0.1, 0.15) is 17.4 Å². The molecule has 0 aliphatic rings. The predicted octanol–water partition coefficient (Wildman–Crippen LogP) is 0.866. The number of aromatic nitrogens is 2. The molecule has 2 rings (SSSR count). The van der Waals surface area contributed by atoms with Crippen molar-refractivity contribution < 1.29 is 14.3 Å². The number of benzene rings is 1. The quantitative estimate of drug-likeness (QED) is 0.829. The molecule has 6 nitrogen and oxygen atoms in total. The van der Waals surface area contributed by atoms with Crippen LogP contribution in [-0.2, 0) is 16.6 Å². The lowest BCUT2D eigenvalue weighted by molar-refractivity contribution is -0.141. The van der Waals surface area contributed by atoms with Gasteiger partial charge in [0.15, 0.2) is 5.69 Å². The number of aryl methyl sites for hydroxylation is 1. The summed E-state index contributed by atoms with van der Waals surface area (Å²) in [5.41, 5.74) is 1.17. The molecule has 1 aromatic heterocycles. The third-order valence-electron chi connectivity index (χ3n) is 2.67. The predicted molar refractivity (Wildman–Crippen MR) is 69.7 cm³/mol. The summed E-state index contributed by atoms with van der Waals surface area (Å²) in [6, 6.07) is 7.42. The highest BCUT2D eigenvalue weighted by atomic mass is 16.5. The molecule has 1 N–H and O–H groups in total. The van der Waals surface area contributed by atoms with E-state index in [1.54, 1.807) is 18.7 Å². The van der Waals surface area contributed by atoms with Crippen LogP contribution in [0, 0.1) is 0 Å². The molecule has 0 aliphatic carbocycles. The van der Waals surface area contributed by atoms with Crippen LogP contribution in [0.2, 0.25) is 0 Å². The van der Waals surface area contributed by atoms with Crippen molar-refractivity contribution in [3.63, 3.8) is 0 Å². The fourth-order valence-corrected chi connectivity index (χ4v) is 1.83.